The van der Waals surface area contributed by atoms with E-state index in [0.29, 0.717) is 59.5 Å². The van der Waals surface area contributed by atoms with Gasteiger partial charge in [-0.1, -0.05) is 17.3 Å². The fourth-order valence-electron chi connectivity index (χ4n) is 4.78. The Morgan fingerprint density at radius 1 is 1.11 bits per heavy atom. The molecule has 8 nitrogen and oxygen atoms in total. The molecule has 10 heteroatoms. The number of hydrogen-bond acceptors (Lipinski definition) is 8. The second-order valence-electron chi connectivity index (χ2n) is 9.44. The third-order valence-electron chi connectivity index (χ3n) is 6.68. The van der Waals surface area contributed by atoms with E-state index < -0.39 is 11.9 Å². The van der Waals surface area contributed by atoms with Crippen LogP contribution in [0, 0.1) is 32.4 Å². The van der Waals surface area contributed by atoms with Crippen molar-refractivity contribution in [3.8, 4) is 28.4 Å². The smallest absolute Gasteiger partial charge is 0.165 e. The Kier molecular flexibility index (Phi) is 7.09. The van der Waals surface area contributed by atoms with E-state index in [1.54, 1.807) is 20.0 Å². The van der Waals surface area contributed by atoms with Crippen LogP contribution < -0.4 is 15.0 Å². The number of ether oxygens (including phenoxy) is 1. The lowest BCUT2D eigenvalue weighted by atomic mass is 10.0. The van der Waals surface area contributed by atoms with Crippen molar-refractivity contribution in [3.63, 3.8) is 0 Å². The lowest BCUT2D eigenvalue weighted by Gasteiger charge is -2.22. The summed E-state index contributed by atoms with van der Waals surface area (Å²) in [6.45, 7) is 6.68. The fourth-order valence-corrected chi connectivity index (χ4v) is 4.78. The van der Waals surface area contributed by atoms with Gasteiger partial charge in [0.15, 0.2) is 5.82 Å². The Bertz CT molecular complexity index is 1470. The number of halogens is 2. The highest BCUT2D eigenvalue weighted by atomic mass is 19.1. The van der Waals surface area contributed by atoms with Crippen molar-refractivity contribution >= 4 is 5.82 Å². The Labute approximate surface area is 219 Å². The maximum absolute atomic E-state index is 15.2. The van der Waals surface area contributed by atoms with Crippen LogP contribution in [0.2, 0.25) is 0 Å². The van der Waals surface area contributed by atoms with Crippen molar-refractivity contribution < 1.29 is 23.1 Å². The van der Waals surface area contributed by atoms with E-state index in [1.165, 1.54) is 24.3 Å². The number of aryl methyl sites for hydroxylation is 2. The highest BCUT2D eigenvalue weighted by Gasteiger charge is 2.28. The molecular formula is C28H29F2N5O3. The topological polar surface area (TPSA) is 96.5 Å². The van der Waals surface area contributed by atoms with Crippen LogP contribution in [0.4, 0.5) is 14.6 Å². The zero-order chi connectivity index (χ0) is 27.0. The van der Waals surface area contributed by atoms with Gasteiger partial charge in [-0.15, -0.1) is 0 Å². The van der Waals surface area contributed by atoms with Gasteiger partial charge in [0.2, 0.25) is 0 Å². The minimum atomic E-state index is -0.723. The normalized spacial score (nSPS) is 13.6. The molecule has 4 aromatic rings. The van der Waals surface area contributed by atoms with Gasteiger partial charge in [-0.25, -0.2) is 18.7 Å². The van der Waals surface area contributed by atoms with Gasteiger partial charge in [-0.05, 0) is 57.6 Å². The number of aliphatic hydroxyl groups excluding tert-OH is 1. The van der Waals surface area contributed by atoms with Crippen molar-refractivity contribution in [2.45, 2.75) is 40.0 Å². The van der Waals surface area contributed by atoms with E-state index in [9.17, 15) is 9.50 Å². The number of benzene rings is 2. The van der Waals surface area contributed by atoms with E-state index in [0.717, 1.165) is 11.1 Å². The number of aliphatic hydroxyl groups is 1. The van der Waals surface area contributed by atoms with Gasteiger partial charge in [-0.3, -0.25) is 0 Å². The van der Waals surface area contributed by atoms with Crippen LogP contribution in [0.1, 0.15) is 28.1 Å². The minimum absolute atomic E-state index is 0.0356. The predicted octanol–water partition coefficient (Wildman–Crippen LogP) is 4.48. The maximum atomic E-state index is 15.2. The SMILES string of the molecule is CNC[C@@H](O)COc1ccc(F)c(-c2nc(-c3c(C)noc3C)c(C)c(N3Cc4cccc(F)c4C3)n2)c1. The molecule has 0 amide bonds. The molecule has 0 radical (unpaired) electrons. The van der Waals surface area contributed by atoms with Gasteiger partial charge >= 0.3 is 0 Å². The number of nitrogens with zero attached hydrogens (tertiary/aromatic N) is 4. The fraction of sp³-hybridized carbons (Fsp3) is 0.321. The Morgan fingerprint density at radius 2 is 1.92 bits per heavy atom. The number of nitrogens with one attached hydrogen (secondary N) is 1. The molecule has 1 aliphatic heterocycles. The first-order valence-corrected chi connectivity index (χ1v) is 12.3. The molecule has 2 N–H and O–H groups in total. The molecule has 3 heterocycles. The second kappa shape index (κ2) is 10.5. The molecule has 0 unspecified atom stereocenters. The van der Waals surface area contributed by atoms with E-state index in [1.807, 2.05) is 24.8 Å². The molecule has 5 rings (SSSR count). The summed E-state index contributed by atoms with van der Waals surface area (Å²) in [7, 11) is 1.73. The zero-order valence-electron chi connectivity index (χ0n) is 21.7. The number of rotatable bonds is 8. The third kappa shape index (κ3) is 4.84. The Balaban J connectivity index is 1.61. The summed E-state index contributed by atoms with van der Waals surface area (Å²) in [6, 6.07) is 9.34. The van der Waals surface area contributed by atoms with Crippen LogP contribution in [0.25, 0.3) is 22.6 Å². The highest BCUT2D eigenvalue weighted by molar-refractivity contribution is 5.75. The van der Waals surface area contributed by atoms with Crippen LogP contribution in [-0.2, 0) is 13.1 Å². The Hall–Kier alpha value is -3.89. The molecule has 0 bridgehead atoms. The summed E-state index contributed by atoms with van der Waals surface area (Å²) in [5, 5.41) is 16.9. The number of hydrogen-bond donors (Lipinski definition) is 2. The van der Waals surface area contributed by atoms with Crippen molar-refractivity contribution in [2.75, 3.05) is 25.1 Å². The van der Waals surface area contributed by atoms with Crippen LogP contribution in [0.5, 0.6) is 5.75 Å². The van der Waals surface area contributed by atoms with Gasteiger partial charge < -0.3 is 24.6 Å². The predicted molar refractivity (Wildman–Crippen MR) is 139 cm³/mol. The summed E-state index contributed by atoms with van der Waals surface area (Å²) in [4.78, 5) is 11.5. The quantitative estimate of drug-likeness (QED) is 0.350. The first kappa shape index (κ1) is 25.7. The van der Waals surface area contributed by atoms with Crippen LogP contribution in [0.15, 0.2) is 40.9 Å². The van der Waals surface area contributed by atoms with Crippen LogP contribution in [0.3, 0.4) is 0 Å². The number of likely N-dealkylation sites (N-methyl/N-ethyl adjacent to an activating group) is 1. The van der Waals surface area contributed by atoms with Gasteiger partial charge in [-0.2, -0.15) is 0 Å². The van der Waals surface area contributed by atoms with Crippen LogP contribution >= 0.6 is 0 Å². The van der Waals surface area contributed by atoms with Crippen molar-refractivity contribution in [2.24, 2.45) is 0 Å². The monoisotopic (exact) mass is 521 g/mol. The zero-order valence-corrected chi connectivity index (χ0v) is 21.7. The van der Waals surface area contributed by atoms with Gasteiger partial charge in [0.05, 0.1) is 22.5 Å². The number of fused-ring (bicyclic) bond motifs is 1. The first-order chi connectivity index (χ1) is 18.3. The third-order valence-corrected chi connectivity index (χ3v) is 6.68. The molecular weight excluding hydrogens is 492 g/mol. The van der Waals surface area contributed by atoms with Crippen molar-refractivity contribution in [3.05, 3.63) is 76.2 Å². The summed E-state index contributed by atoms with van der Waals surface area (Å²) >= 11 is 0. The van der Waals surface area contributed by atoms with Crippen molar-refractivity contribution in [1.82, 2.24) is 20.4 Å². The molecule has 1 atom stereocenters. The molecule has 0 fully saturated rings. The first-order valence-electron chi connectivity index (χ1n) is 12.3. The molecule has 2 aromatic heterocycles. The molecule has 0 saturated heterocycles. The lowest BCUT2D eigenvalue weighted by molar-refractivity contribution is 0.108. The average molecular weight is 522 g/mol. The van der Waals surface area contributed by atoms with E-state index in [4.69, 9.17) is 19.2 Å². The van der Waals surface area contributed by atoms with E-state index >= 15 is 4.39 Å². The number of anilines is 1. The summed E-state index contributed by atoms with van der Waals surface area (Å²) in [6.07, 6.45) is -0.723. The molecule has 0 spiro atoms. The van der Waals surface area contributed by atoms with Crippen molar-refractivity contribution in [1.29, 1.82) is 0 Å². The van der Waals surface area contributed by atoms with Gasteiger partial charge in [0.1, 0.15) is 41.7 Å². The van der Waals surface area contributed by atoms with E-state index in [-0.39, 0.29) is 23.8 Å². The maximum Gasteiger partial charge on any atom is 0.165 e. The summed E-state index contributed by atoms with van der Waals surface area (Å²) in [5.41, 5.74) is 4.30. The molecule has 0 saturated carbocycles. The second-order valence-corrected chi connectivity index (χ2v) is 9.44. The molecule has 2 aromatic carbocycles. The molecule has 0 aliphatic carbocycles. The Morgan fingerprint density at radius 3 is 2.63 bits per heavy atom. The van der Waals surface area contributed by atoms with E-state index in [2.05, 4.69) is 10.5 Å². The standard InChI is InChI=1S/C28H29F2N5O3/c1-15-26(25-16(2)34-38-17(25)3)32-27(21-10-20(8-9-24(21)30)37-14-19(36)11-31-4)33-28(15)35-12-18-6-5-7-23(29)22(18)13-35/h5-10,19,31,36H,11-14H2,1-4H3/t19-/m1/s1. The average Bonchev–Trinajstić information content (AvgIpc) is 3.48. The largest absolute Gasteiger partial charge is 0.491 e. The molecule has 38 heavy (non-hydrogen) atoms. The molecule has 1 aliphatic rings. The lowest BCUT2D eigenvalue weighted by Crippen LogP contribution is -2.29. The summed E-state index contributed by atoms with van der Waals surface area (Å²) < 4.78 is 40.8. The van der Waals surface area contributed by atoms with Gasteiger partial charge in [0.25, 0.3) is 0 Å². The summed E-state index contributed by atoms with van der Waals surface area (Å²) in [5.74, 6) is 0.874. The van der Waals surface area contributed by atoms with Gasteiger partial charge in [0, 0.05) is 30.8 Å². The van der Waals surface area contributed by atoms with Crippen LogP contribution in [-0.4, -0.2) is 46.5 Å². The number of aromatic nitrogens is 3. The molecule has 198 valence electrons. The minimum Gasteiger partial charge on any atom is -0.491 e. The highest BCUT2D eigenvalue weighted by Crippen LogP contribution is 2.38.